The van der Waals surface area contributed by atoms with E-state index in [-0.39, 0.29) is 5.91 Å². The Morgan fingerprint density at radius 2 is 2.00 bits per heavy atom. The van der Waals surface area contributed by atoms with E-state index in [1.54, 1.807) is 4.90 Å². The molecule has 0 aromatic carbocycles. The molecule has 0 N–H and O–H groups in total. The monoisotopic (exact) mass is 330 g/mol. The lowest BCUT2D eigenvalue weighted by Gasteiger charge is -2.26. The van der Waals surface area contributed by atoms with E-state index >= 15 is 0 Å². The van der Waals surface area contributed by atoms with E-state index < -0.39 is 12.7 Å². The molecule has 128 valence electrons. The largest absolute Gasteiger partial charge is 0.408 e. The first-order chi connectivity index (χ1) is 10.9. The van der Waals surface area contributed by atoms with Gasteiger partial charge in [0.15, 0.2) is 5.82 Å². The van der Waals surface area contributed by atoms with Gasteiger partial charge in [-0.25, -0.2) is 9.67 Å². The first kappa shape index (κ1) is 16.3. The van der Waals surface area contributed by atoms with Crippen LogP contribution in [-0.2, 0) is 24.2 Å². The number of halogens is 3. The van der Waals surface area contributed by atoms with Gasteiger partial charge in [-0.05, 0) is 31.6 Å². The number of nitrogens with zero attached hydrogens (tertiary/aromatic N) is 4. The number of hydrogen-bond donors (Lipinski definition) is 0. The quantitative estimate of drug-likeness (QED) is 0.804. The van der Waals surface area contributed by atoms with Crippen LogP contribution in [0.3, 0.4) is 0 Å². The molecular weight excluding hydrogens is 309 g/mol. The summed E-state index contributed by atoms with van der Waals surface area (Å²) in [5, 5.41) is 4.04. The van der Waals surface area contributed by atoms with E-state index in [1.807, 2.05) is 0 Å². The Morgan fingerprint density at radius 1 is 1.22 bits per heavy atom. The number of carbonyl (C=O) groups excluding carboxylic acids is 1. The fraction of sp³-hybridized carbons (Fsp3) is 0.800. The Bertz CT molecular complexity index is 566. The molecule has 1 aliphatic heterocycles. The van der Waals surface area contributed by atoms with Crippen molar-refractivity contribution in [2.45, 2.75) is 57.7 Å². The Balaban J connectivity index is 1.67. The predicted octanol–water partition coefficient (Wildman–Crippen LogP) is 2.35. The maximum absolute atomic E-state index is 12.7. The molecule has 1 saturated carbocycles. The molecule has 1 aliphatic carbocycles. The fourth-order valence-corrected chi connectivity index (χ4v) is 2.91. The summed E-state index contributed by atoms with van der Waals surface area (Å²) in [7, 11) is 0. The second-order valence-electron chi connectivity index (χ2n) is 6.45. The minimum Gasteiger partial charge on any atom is -0.342 e. The Morgan fingerprint density at radius 3 is 2.65 bits per heavy atom. The molecule has 8 heteroatoms. The molecule has 1 saturated heterocycles. The third-order valence-corrected chi connectivity index (χ3v) is 4.32. The van der Waals surface area contributed by atoms with Crippen molar-refractivity contribution in [3.8, 4) is 0 Å². The lowest BCUT2D eigenvalue weighted by molar-refractivity contribution is -0.143. The molecule has 1 aromatic heterocycles. The van der Waals surface area contributed by atoms with Gasteiger partial charge in [0.05, 0.1) is 0 Å². The van der Waals surface area contributed by atoms with Gasteiger partial charge in [-0.2, -0.15) is 18.3 Å². The molecule has 0 bridgehead atoms. The van der Waals surface area contributed by atoms with Crippen molar-refractivity contribution in [2.24, 2.45) is 5.92 Å². The van der Waals surface area contributed by atoms with Crippen molar-refractivity contribution in [3.63, 3.8) is 0 Å². The summed E-state index contributed by atoms with van der Waals surface area (Å²) in [5.41, 5.74) is 0. The van der Waals surface area contributed by atoms with Crippen LogP contribution >= 0.6 is 0 Å². The van der Waals surface area contributed by atoms with Gasteiger partial charge in [0.25, 0.3) is 0 Å². The molecular formula is C15H21F3N4O. The highest BCUT2D eigenvalue weighted by atomic mass is 19.4. The minimum atomic E-state index is -4.32. The van der Waals surface area contributed by atoms with Gasteiger partial charge in [-0.1, -0.05) is 0 Å². The fourth-order valence-electron chi connectivity index (χ4n) is 2.91. The third-order valence-electron chi connectivity index (χ3n) is 4.32. The molecule has 3 rings (SSSR count). The van der Waals surface area contributed by atoms with E-state index in [4.69, 9.17) is 0 Å². The maximum Gasteiger partial charge on any atom is 0.408 e. The molecule has 2 fully saturated rings. The summed E-state index contributed by atoms with van der Waals surface area (Å²) < 4.78 is 39.1. The van der Waals surface area contributed by atoms with Crippen LogP contribution in [0.5, 0.6) is 0 Å². The highest BCUT2D eigenvalue weighted by molar-refractivity contribution is 5.76. The van der Waals surface area contributed by atoms with Crippen LogP contribution in [0.2, 0.25) is 0 Å². The van der Waals surface area contributed by atoms with Crippen molar-refractivity contribution in [1.29, 1.82) is 0 Å². The van der Waals surface area contributed by atoms with Gasteiger partial charge in [0.1, 0.15) is 12.4 Å². The molecule has 0 unspecified atom stereocenters. The number of alkyl halides is 3. The SMILES string of the molecule is O=C1CCCCN1CCc1nc(CC2CC2)nn1CC(F)(F)F. The van der Waals surface area contributed by atoms with Gasteiger partial charge in [0.2, 0.25) is 5.91 Å². The minimum absolute atomic E-state index is 0.0799. The molecule has 2 aliphatic rings. The zero-order chi connectivity index (χ0) is 16.4. The maximum atomic E-state index is 12.7. The molecule has 1 aromatic rings. The van der Waals surface area contributed by atoms with Crippen molar-refractivity contribution in [2.75, 3.05) is 13.1 Å². The van der Waals surface area contributed by atoms with Crippen molar-refractivity contribution < 1.29 is 18.0 Å². The van der Waals surface area contributed by atoms with Crippen molar-refractivity contribution in [3.05, 3.63) is 11.6 Å². The number of amides is 1. The van der Waals surface area contributed by atoms with Crippen molar-refractivity contribution >= 4 is 5.91 Å². The zero-order valence-electron chi connectivity index (χ0n) is 13.0. The van der Waals surface area contributed by atoms with E-state index in [9.17, 15) is 18.0 Å². The third kappa shape index (κ3) is 4.68. The Hall–Kier alpha value is -1.60. The second kappa shape index (κ2) is 6.49. The van der Waals surface area contributed by atoms with Crippen LogP contribution in [0.4, 0.5) is 13.2 Å². The first-order valence-electron chi connectivity index (χ1n) is 8.18. The number of carbonyl (C=O) groups is 1. The summed E-state index contributed by atoms with van der Waals surface area (Å²) >= 11 is 0. The summed E-state index contributed by atoms with van der Waals surface area (Å²) in [6.07, 6.45) is 1.23. The van der Waals surface area contributed by atoms with Crippen molar-refractivity contribution in [1.82, 2.24) is 19.7 Å². The molecule has 23 heavy (non-hydrogen) atoms. The molecule has 0 spiro atoms. The molecule has 0 atom stereocenters. The highest BCUT2D eigenvalue weighted by Crippen LogP contribution is 2.32. The lowest BCUT2D eigenvalue weighted by Crippen LogP contribution is -2.37. The second-order valence-corrected chi connectivity index (χ2v) is 6.45. The smallest absolute Gasteiger partial charge is 0.342 e. The van der Waals surface area contributed by atoms with Gasteiger partial charge < -0.3 is 4.90 Å². The average molecular weight is 330 g/mol. The van der Waals surface area contributed by atoms with Gasteiger partial charge in [0, 0.05) is 32.4 Å². The first-order valence-corrected chi connectivity index (χ1v) is 8.18. The van der Waals surface area contributed by atoms with Crippen LogP contribution in [0.15, 0.2) is 0 Å². The lowest BCUT2D eigenvalue weighted by atomic mass is 10.1. The van der Waals surface area contributed by atoms with E-state index in [0.29, 0.717) is 49.9 Å². The number of aromatic nitrogens is 3. The summed E-state index contributed by atoms with van der Waals surface area (Å²) in [4.78, 5) is 17.8. The van der Waals surface area contributed by atoms with E-state index in [0.717, 1.165) is 30.4 Å². The standard InChI is InChI=1S/C15H21F3N4O/c16-15(17,18)10-22-13(19-12(20-22)9-11-4-5-11)6-8-21-7-2-1-3-14(21)23/h11H,1-10H2. The van der Waals surface area contributed by atoms with Crippen LogP contribution in [-0.4, -0.2) is 44.8 Å². The van der Waals surface area contributed by atoms with E-state index in [2.05, 4.69) is 10.1 Å². The van der Waals surface area contributed by atoms with E-state index in [1.165, 1.54) is 0 Å². The Labute approximate surface area is 132 Å². The predicted molar refractivity (Wildman–Crippen MR) is 76.6 cm³/mol. The Kier molecular flexibility index (Phi) is 4.59. The van der Waals surface area contributed by atoms with Crippen LogP contribution in [0, 0.1) is 5.92 Å². The molecule has 5 nitrogen and oxygen atoms in total. The average Bonchev–Trinajstić information content (AvgIpc) is 3.19. The summed E-state index contributed by atoms with van der Waals surface area (Å²) in [5.74, 6) is 1.43. The van der Waals surface area contributed by atoms with Gasteiger partial charge in [-0.15, -0.1) is 0 Å². The normalized spacial score (nSPS) is 19.4. The number of likely N-dealkylation sites (tertiary alicyclic amines) is 1. The van der Waals surface area contributed by atoms with Crippen LogP contribution < -0.4 is 0 Å². The van der Waals surface area contributed by atoms with Crippen LogP contribution in [0.25, 0.3) is 0 Å². The topological polar surface area (TPSA) is 51.0 Å². The summed E-state index contributed by atoms with van der Waals surface area (Å²) in [6, 6.07) is 0. The van der Waals surface area contributed by atoms with Gasteiger partial charge >= 0.3 is 6.18 Å². The number of piperidine rings is 1. The van der Waals surface area contributed by atoms with Gasteiger partial charge in [-0.3, -0.25) is 4.79 Å². The number of hydrogen-bond acceptors (Lipinski definition) is 3. The van der Waals surface area contributed by atoms with Crippen LogP contribution in [0.1, 0.15) is 43.8 Å². The molecule has 0 radical (unpaired) electrons. The summed E-state index contributed by atoms with van der Waals surface area (Å²) in [6.45, 7) is -0.0205. The zero-order valence-corrected chi connectivity index (χ0v) is 13.0. The molecule has 2 heterocycles. The molecule has 1 amide bonds. The highest BCUT2D eigenvalue weighted by Gasteiger charge is 2.31. The number of rotatable bonds is 6.